The van der Waals surface area contributed by atoms with E-state index in [-0.39, 0.29) is 12.1 Å². The fourth-order valence-electron chi connectivity index (χ4n) is 3.42. The molecule has 2 aliphatic heterocycles. The van der Waals surface area contributed by atoms with Crippen LogP contribution in [0.4, 0.5) is 0 Å². The highest BCUT2D eigenvalue weighted by Gasteiger charge is 2.43. The normalized spacial score (nSPS) is 25.0. The summed E-state index contributed by atoms with van der Waals surface area (Å²) in [6.45, 7) is 3.16. The maximum Gasteiger partial charge on any atom is 0.160 e. The van der Waals surface area contributed by atoms with Crippen molar-refractivity contribution in [2.24, 2.45) is 4.99 Å². The van der Waals surface area contributed by atoms with Gasteiger partial charge in [0.15, 0.2) is 10.9 Å². The second kappa shape index (κ2) is 6.71. The first-order valence-corrected chi connectivity index (χ1v) is 9.67. The first-order valence-electron chi connectivity index (χ1n) is 8.03. The molecule has 1 saturated heterocycles. The van der Waals surface area contributed by atoms with Gasteiger partial charge in [-0.2, -0.15) is 0 Å². The van der Waals surface area contributed by atoms with Crippen molar-refractivity contribution in [3.8, 4) is 5.75 Å². The molecule has 7 heteroatoms. The Bertz CT molecular complexity index is 807. The van der Waals surface area contributed by atoms with E-state index in [1.54, 1.807) is 25.1 Å². The Balaban J connectivity index is 1.80. The molecule has 130 valence electrons. The van der Waals surface area contributed by atoms with Gasteiger partial charge in [-0.3, -0.25) is 9.98 Å². The molecule has 2 aromatic rings. The molecule has 0 radical (unpaired) electrons. The zero-order valence-corrected chi connectivity index (χ0v) is 16.1. The Morgan fingerprint density at radius 1 is 1.24 bits per heavy atom. The maximum atomic E-state index is 6.39. The molecule has 0 bridgehead atoms. The SMILES string of the molecule is COc1c(Cl)cc([C@H]2[C@H](c3ccccn3)N=C3S[C@@H](C)CN32)cc1Cl. The third kappa shape index (κ3) is 2.98. The highest BCUT2D eigenvalue weighted by atomic mass is 35.5. The Morgan fingerprint density at radius 2 is 2.00 bits per heavy atom. The van der Waals surface area contributed by atoms with Crippen molar-refractivity contribution in [1.82, 2.24) is 9.88 Å². The molecule has 0 aliphatic carbocycles. The average Bonchev–Trinajstić information content (AvgIpc) is 3.11. The minimum Gasteiger partial charge on any atom is -0.494 e. The van der Waals surface area contributed by atoms with Gasteiger partial charge in [-0.15, -0.1) is 0 Å². The summed E-state index contributed by atoms with van der Waals surface area (Å²) >= 11 is 14.6. The van der Waals surface area contributed by atoms with Gasteiger partial charge in [0.25, 0.3) is 0 Å². The van der Waals surface area contributed by atoms with Crippen LogP contribution in [0.2, 0.25) is 10.0 Å². The fourth-order valence-corrected chi connectivity index (χ4v) is 5.17. The van der Waals surface area contributed by atoms with Gasteiger partial charge < -0.3 is 9.64 Å². The minimum absolute atomic E-state index is 0.0308. The number of aromatic nitrogens is 1. The summed E-state index contributed by atoms with van der Waals surface area (Å²) in [5.74, 6) is 0.504. The molecule has 2 aliphatic rings. The molecule has 25 heavy (non-hydrogen) atoms. The van der Waals surface area contributed by atoms with Crippen molar-refractivity contribution in [3.63, 3.8) is 0 Å². The summed E-state index contributed by atoms with van der Waals surface area (Å²) < 4.78 is 5.29. The van der Waals surface area contributed by atoms with Crippen LogP contribution in [-0.2, 0) is 0 Å². The topological polar surface area (TPSA) is 37.7 Å². The molecule has 1 aromatic heterocycles. The lowest BCUT2D eigenvalue weighted by Gasteiger charge is -2.28. The quantitative estimate of drug-likeness (QED) is 0.736. The summed E-state index contributed by atoms with van der Waals surface area (Å²) in [6, 6.07) is 9.75. The number of benzene rings is 1. The second-order valence-corrected chi connectivity index (χ2v) is 8.37. The van der Waals surface area contributed by atoms with Gasteiger partial charge in [0.05, 0.1) is 28.9 Å². The lowest BCUT2D eigenvalue weighted by atomic mass is 9.96. The lowest BCUT2D eigenvalue weighted by molar-refractivity contribution is 0.321. The second-order valence-electron chi connectivity index (χ2n) is 6.15. The highest BCUT2D eigenvalue weighted by Crippen LogP contribution is 2.49. The number of thioether (sulfide) groups is 1. The summed E-state index contributed by atoms with van der Waals surface area (Å²) in [5, 5.41) is 2.60. The van der Waals surface area contributed by atoms with Crippen LogP contribution in [-0.4, -0.2) is 34.0 Å². The summed E-state index contributed by atoms with van der Waals surface area (Å²) in [4.78, 5) is 11.8. The highest BCUT2D eigenvalue weighted by molar-refractivity contribution is 8.14. The number of amidine groups is 1. The van der Waals surface area contributed by atoms with Gasteiger partial charge in [-0.25, -0.2) is 0 Å². The number of pyridine rings is 1. The van der Waals surface area contributed by atoms with E-state index in [0.29, 0.717) is 21.0 Å². The number of ether oxygens (including phenoxy) is 1. The largest absolute Gasteiger partial charge is 0.494 e. The Kier molecular flexibility index (Phi) is 4.56. The molecular weight excluding hydrogens is 377 g/mol. The summed E-state index contributed by atoms with van der Waals surface area (Å²) in [6.07, 6.45) is 1.81. The van der Waals surface area contributed by atoms with Crippen LogP contribution in [0.5, 0.6) is 5.75 Å². The smallest absolute Gasteiger partial charge is 0.160 e. The number of rotatable bonds is 3. The van der Waals surface area contributed by atoms with Crippen LogP contribution in [0, 0.1) is 0 Å². The predicted octanol–water partition coefficient (Wildman–Crippen LogP) is 4.99. The standard InChI is InChI=1S/C18H17Cl2N3OS/c1-10-9-23-16(11-7-12(19)17(24-2)13(20)8-11)15(22-18(23)25-10)14-5-3-4-6-21-14/h3-8,10,15-16H,9H2,1-2H3/t10-,15-,16-/m0/s1. The lowest BCUT2D eigenvalue weighted by Crippen LogP contribution is -2.28. The summed E-state index contributed by atoms with van der Waals surface area (Å²) in [7, 11) is 1.57. The Labute approximate surface area is 161 Å². The van der Waals surface area contributed by atoms with Gasteiger partial charge in [-0.1, -0.05) is 48.0 Å². The van der Waals surface area contributed by atoms with Crippen LogP contribution in [0.1, 0.15) is 30.3 Å². The minimum atomic E-state index is -0.0725. The van der Waals surface area contributed by atoms with Gasteiger partial charge >= 0.3 is 0 Å². The van der Waals surface area contributed by atoms with E-state index in [9.17, 15) is 0 Å². The third-order valence-electron chi connectivity index (χ3n) is 4.45. The van der Waals surface area contributed by atoms with Crippen LogP contribution in [0.3, 0.4) is 0 Å². The van der Waals surface area contributed by atoms with Gasteiger partial charge in [0, 0.05) is 18.0 Å². The molecule has 0 N–H and O–H groups in total. The molecule has 4 nitrogen and oxygen atoms in total. The van der Waals surface area contributed by atoms with Crippen LogP contribution in [0.25, 0.3) is 0 Å². The third-order valence-corrected chi connectivity index (χ3v) is 6.11. The average molecular weight is 394 g/mol. The molecular formula is C18H17Cl2N3OS. The molecule has 1 fully saturated rings. The first kappa shape index (κ1) is 17.0. The van der Waals surface area contributed by atoms with Gasteiger partial charge in [0.1, 0.15) is 6.04 Å². The Hall–Kier alpha value is -1.43. The number of hydrogen-bond donors (Lipinski definition) is 0. The van der Waals surface area contributed by atoms with Crippen LogP contribution in [0.15, 0.2) is 41.5 Å². The molecule has 0 amide bonds. The van der Waals surface area contributed by atoms with Crippen molar-refractivity contribution >= 4 is 40.1 Å². The predicted molar refractivity (Wildman–Crippen MR) is 104 cm³/mol. The van der Waals surface area contributed by atoms with Crippen molar-refractivity contribution in [1.29, 1.82) is 0 Å². The zero-order chi connectivity index (χ0) is 17.6. The molecule has 0 saturated carbocycles. The van der Waals surface area contributed by atoms with Crippen molar-refractivity contribution < 1.29 is 4.74 Å². The zero-order valence-electron chi connectivity index (χ0n) is 13.8. The van der Waals surface area contributed by atoms with Crippen molar-refractivity contribution in [3.05, 3.63) is 57.8 Å². The van der Waals surface area contributed by atoms with Gasteiger partial charge in [-0.05, 0) is 29.8 Å². The monoisotopic (exact) mass is 393 g/mol. The number of aliphatic imine (C=N–C) groups is 1. The molecule has 4 rings (SSSR count). The number of hydrogen-bond acceptors (Lipinski definition) is 5. The van der Waals surface area contributed by atoms with Crippen molar-refractivity contribution in [2.45, 2.75) is 24.3 Å². The molecule has 1 aromatic carbocycles. The van der Waals surface area contributed by atoms with E-state index >= 15 is 0 Å². The van der Waals surface area contributed by atoms with E-state index in [1.807, 2.05) is 30.3 Å². The van der Waals surface area contributed by atoms with E-state index < -0.39 is 0 Å². The molecule has 0 spiro atoms. The molecule has 3 atom stereocenters. The first-order chi connectivity index (χ1) is 12.1. The maximum absolute atomic E-state index is 6.39. The number of halogens is 2. The van der Waals surface area contributed by atoms with Gasteiger partial charge in [0.2, 0.25) is 0 Å². The van der Waals surface area contributed by atoms with Crippen molar-refractivity contribution in [2.75, 3.05) is 13.7 Å². The number of methoxy groups -OCH3 is 1. The Morgan fingerprint density at radius 3 is 2.64 bits per heavy atom. The van der Waals surface area contributed by atoms with E-state index in [2.05, 4.69) is 16.8 Å². The van der Waals surface area contributed by atoms with Crippen LogP contribution < -0.4 is 4.74 Å². The fraction of sp³-hybridized carbons (Fsp3) is 0.333. The number of nitrogens with zero attached hydrogens (tertiary/aromatic N) is 3. The number of fused-ring (bicyclic) bond motifs is 1. The molecule has 0 unspecified atom stereocenters. The van der Waals surface area contributed by atoms with E-state index in [0.717, 1.165) is 23.0 Å². The van der Waals surface area contributed by atoms with E-state index in [4.69, 9.17) is 32.9 Å². The summed E-state index contributed by atoms with van der Waals surface area (Å²) in [5.41, 5.74) is 1.98. The molecule has 3 heterocycles. The van der Waals surface area contributed by atoms with Crippen LogP contribution >= 0.6 is 35.0 Å². The van der Waals surface area contributed by atoms with E-state index in [1.165, 1.54) is 0 Å².